The molecular weight excluding hydrogens is 344 g/mol. The highest BCUT2D eigenvalue weighted by Gasteiger charge is 2.22. The Labute approximate surface area is 139 Å². The van der Waals surface area contributed by atoms with Crippen molar-refractivity contribution >= 4 is 21.8 Å². The topological polar surface area (TPSA) is 64.2 Å². The van der Waals surface area contributed by atoms with Crippen molar-refractivity contribution in [3.63, 3.8) is 0 Å². The minimum absolute atomic E-state index is 0.0530. The summed E-state index contributed by atoms with van der Waals surface area (Å²) in [7, 11) is 1.79. The highest BCUT2D eigenvalue weighted by molar-refractivity contribution is 9.10. The van der Waals surface area contributed by atoms with Gasteiger partial charge in [0.2, 0.25) is 0 Å². The van der Waals surface area contributed by atoms with E-state index in [0.29, 0.717) is 18.7 Å². The van der Waals surface area contributed by atoms with Crippen molar-refractivity contribution in [2.75, 3.05) is 20.1 Å². The molecule has 1 amide bonds. The summed E-state index contributed by atoms with van der Waals surface area (Å²) in [6.07, 6.45) is 3.34. The molecule has 0 bridgehead atoms. The molecule has 0 fully saturated rings. The first kappa shape index (κ1) is 16.7. The predicted molar refractivity (Wildman–Crippen MR) is 91.1 cm³/mol. The zero-order valence-corrected chi connectivity index (χ0v) is 14.7. The van der Waals surface area contributed by atoms with Crippen LogP contribution in [0.3, 0.4) is 0 Å². The number of nitrogens with two attached hydrogens (primary N) is 1. The number of aromatic nitrogens is 2. The number of benzene rings is 1. The molecular formula is C16H21BrN4O. The van der Waals surface area contributed by atoms with Crippen LogP contribution in [0.2, 0.25) is 0 Å². The molecule has 0 unspecified atom stereocenters. The van der Waals surface area contributed by atoms with Gasteiger partial charge in [0.15, 0.2) is 0 Å². The van der Waals surface area contributed by atoms with Gasteiger partial charge in [-0.3, -0.25) is 4.79 Å². The summed E-state index contributed by atoms with van der Waals surface area (Å²) in [5.74, 6) is -0.0530. The molecule has 5 nitrogen and oxygen atoms in total. The Morgan fingerprint density at radius 1 is 1.45 bits per heavy atom. The van der Waals surface area contributed by atoms with E-state index in [9.17, 15) is 4.79 Å². The number of rotatable bonds is 5. The van der Waals surface area contributed by atoms with Crippen LogP contribution in [0.5, 0.6) is 0 Å². The third kappa shape index (κ3) is 3.96. The van der Waals surface area contributed by atoms with Gasteiger partial charge in [0.1, 0.15) is 0 Å². The van der Waals surface area contributed by atoms with Gasteiger partial charge in [0, 0.05) is 24.3 Å². The molecule has 0 aliphatic carbocycles. The quantitative estimate of drug-likeness (QED) is 0.886. The van der Waals surface area contributed by atoms with Crippen LogP contribution >= 0.6 is 15.9 Å². The molecule has 0 spiro atoms. The number of carbonyl (C=O) groups is 1. The van der Waals surface area contributed by atoms with Crippen LogP contribution in [0.15, 0.2) is 41.1 Å². The molecule has 22 heavy (non-hydrogen) atoms. The Bertz CT molecular complexity index is 666. The van der Waals surface area contributed by atoms with E-state index in [1.165, 1.54) is 0 Å². The third-order valence-electron chi connectivity index (χ3n) is 3.47. The minimum atomic E-state index is -0.106. The number of halogens is 1. The number of hydrogen-bond acceptors (Lipinski definition) is 3. The van der Waals surface area contributed by atoms with Crippen LogP contribution in [0.4, 0.5) is 0 Å². The lowest BCUT2D eigenvalue weighted by Crippen LogP contribution is -2.39. The van der Waals surface area contributed by atoms with Crippen molar-refractivity contribution in [2.24, 2.45) is 11.1 Å². The highest BCUT2D eigenvalue weighted by Crippen LogP contribution is 2.18. The normalized spacial score (nSPS) is 11.5. The van der Waals surface area contributed by atoms with E-state index in [1.54, 1.807) is 29.0 Å². The van der Waals surface area contributed by atoms with Crippen LogP contribution in [0.25, 0.3) is 5.69 Å². The van der Waals surface area contributed by atoms with Gasteiger partial charge in [-0.1, -0.05) is 35.8 Å². The summed E-state index contributed by atoms with van der Waals surface area (Å²) in [6, 6.07) is 7.76. The van der Waals surface area contributed by atoms with E-state index in [4.69, 9.17) is 5.73 Å². The molecule has 0 saturated carbocycles. The zero-order valence-electron chi connectivity index (χ0n) is 13.1. The summed E-state index contributed by atoms with van der Waals surface area (Å²) in [4.78, 5) is 14.2. The number of nitrogens with zero attached hydrogens (tertiary/aromatic N) is 3. The molecule has 0 atom stereocenters. The maximum atomic E-state index is 12.5. The maximum absolute atomic E-state index is 12.5. The minimum Gasteiger partial charge on any atom is -0.341 e. The molecule has 2 N–H and O–H groups in total. The average molecular weight is 365 g/mol. The van der Waals surface area contributed by atoms with Crippen LogP contribution in [-0.4, -0.2) is 40.7 Å². The highest BCUT2D eigenvalue weighted by atomic mass is 79.9. The van der Waals surface area contributed by atoms with E-state index in [0.717, 1.165) is 10.2 Å². The van der Waals surface area contributed by atoms with E-state index < -0.39 is 0 Å². The Balaban J connectivity index is 2.15. The maximum Gasteiger partial charge on any atom is 0.256 e. The SMILES string of the molecule is CN(CC(C)(C)CN)C(=O)c1cnn(-c2cccc(Br)c2)c1. The van der Waals surface area contributed by atoms with Crippen molar-refractivity contribution in [1.82, 2.24) is 14.7 Å². The van der Waals surface area contributed by atoms with Gasteiger partial charge in [-0.25, -0.2) is 4.68 Å². The predicted octanol–water partition coefficient (Wildman–Crippen LogP) is 2.69. The average Bonchev–Trinajstić information content (AvgIpc) is 2.95. The molecule has 6 heteroatoms. The Kier molecular flexibility index (Phi) is 5.03. The van der Waals surface area contributed by atoms with Crippen molar-refractivity contribution in [2.45, 2.75) is 13.8 Å². The fourth-order valence-electron chi connectivity index (χ4n) is 2.19. The van der Waals surface area contributed by atoms with Gasteiger partial charge < -0.3 is 10.6 Å². The number of amides is 1. The van der Waals surface area contributed by atoms with E-state index in [2.05, 4.69) is 21.0 Å². The molecule has 0 aliphatic rings. The van der Waals surface area contributed by atoms with Crippen molar-refractivity contribution in [1.29, 1.82) is 0 Å². The van der Waals surface area contributed by atoms with Gasteiger partial charge in [-0.15, -0.1) is 0 Å². The first-order chi connectivity index (χ1) is 10.3. The molecule has 118 valence electrons. The first-order valence-corrected chi connectivity index (χ1v) is 7.88. The van der Waals surface area contributed by atoms with Crippen LogP contribution < -0.4 is 5.73 Å². The van der Waals surface area contributed by atoms with E-state index in [1.807, 2.05) is 38.1 Å². The van der Waals surface area contributed by atoms with Gasteiger partial charge >= 0.3 is 0 Å². The lowest BCUT2D eigenvalue weighted by Gasteiger charge is -2.28. The molecule has 2 rings (SSSR count). The Hall–Kier alpha value is -1.66. The number of hydrogen-bond donors (Lipinski definition) is 1. The van der Waals surface area contributed by atoms with Gasteiger partial charge in [0.25, 0.3) is 5.91 Å². The lowest BCUT2D eigenvalue weighted by atomic mass is 9.93. The molecule has 1 aromatic heterocycles. The third-order valence-corrected chi connectivity index (χ3v) is 3.96. The zero-order chi connectivity index (χ0) is 16.3. The second-order valence-corrected chi connectivity index (χ2v) is 7.10. The van der Waals surface area contributed by atoms with E-state index >= 15 is 0 Å². The Morgan fingerprint density at radius 3 is 2.82 bits per heavy atom. The molecule has 1 aromatic carbocycles. The summed E-state index contributed by atoms with van der Waals surface area (Å²) >= 11 is 3.43. The molecule has 0 aliphatic heterocycles. The van der Waals surface area contributed by atoms with Gasteiger partial charge in [-0.2, -0.15) is 5.10 Å². The van der Waals surface area contributed by atoms with E-state index in [-0.39, 0.29) is 11.3 Å². The lowest BCUT2D eigenvalue weighted by molar-refractivity contribution is 0.0740. The standard InChI is InChI=1S/C16H21BrN4O/c1-16(2,10-18)11-20(3)15(22)12-8-19-21(9-12)14-6-4-5-13(17)7-14/h4-9H,10-11,18H2,1-3H3. The summed E-state index contributed by atoms with van der Waals surface area (Å²) in [5.41, 5.74) is 7.09. The molecule has 0 saturated heterocycles. The van der Waals surface area contributed by atoms with Crippen LogP contribution in [0.1, 0.15) is 24.2 Å². The van der Waals surface area contributed by atoms with Crippen LogP contribution in [-0.2, 0) is 0 Å². The Morgan fingerprint density at radius 2 is 2.18 bits per heavy atom. The summed E-state index contributed by atoms with van der Waals surface area (Å²) in [6.45, 7) is 5.22. The molecule has 1 heterocycles. The van der Waals surface area contributed by atoms with Gasteiger partial charge in [-0.05, 0) is 30.2 Å². The van der Waals surface area contributed by atoms with Crippen molar-refractivity contribution < 1.29 is 4.79 Å². The first-order valence-electron chi connectivity index (χ1n) is 7.08. The fourth-order valence-corrected chi connectivity index (χ4v) is 2.58. The fraction of sp³-hybridized carbons (Fsp3) is 0.375. The summed E-state index contributed by atoms with van der Waals surface area (Å²) in [5, 5.41) is 4.27. The second kappa shape index (κ2) is 6.62. The smallest absolute Gasteiger partial charge is 0.256 e. The summed E-state index contributed by atoms with van der Waals surface area (Å²) < 4.78 is 2.66. The number of carbonyl (C=O) groups excluding carboxylic acids is 1. The van der Waals surface area contributed by atoms with Gasteiger partial charge in [0.05, 0.1) is 17.4 Å². The van der Waals surface area contributed by atoms with Crippen LogP contribution in [0, 0.1) is 5.41 Å². The second-order valence-electron chi connectivity index (χ2n) is 6.18. The van der Waals surface area contributed by atoms with Crippen molar-refractivity contribution in [3.05, 3.63) is 46.7 Å². The van der Waals surface area contributed by atoms with Crippen molar-refractivity contribution in [3.8, 4) is 5.69 Å². The molecule has 2 aromatic rings. The monoisotopic (exact) mass is 364 g/mol. The largest absolute Gasteiger partial charge is 0.341 e. The molecule has 0 radical (unpaired) electrons.